The molecule has 0 amide bonds. The highest BCUT2D eigenvalue weighted by Gasteiger charge is 2.12. The minimum Gasteiger partial charge on any atom is -0.493 e. The summed E-state index contributed by atoms with van der Waals surface area (Å²) >= 11 is 9.80. The maximum absolute atomic E-state index is 6.19. The molecule has 0 aliphatic heterocycles. The Kier molecular flexibility index (Phi) is 6.64. The van der Waals surface area contributed by atoms with Gasteiger partial charge in [-0.1, -0.05) is 48.0 Å². The van der Waals surface area contributed by atoms with Gasteiger partial charge in [-0.2, -0.15) is 0 Å². The van der Waals surface area contributed by atoms with Crippen LogP contribution in [-0.2, 0) is 13.2 Å². The Hall–Kier alpha value is -2.17. The molecule has 1 N–H and O–H groups in total. The standard InChI is InChI=1S/C22H21BrClNO2/c1-15-8-9-18(12-20(15)24)25-13-17-10-19(23)22(21(11-17)26-2)27-14-16-6-4-3-5-7-16/h3-12,25H,13-14H2,1-2H3. The second-order valence-corrected chi connectivity index (χ2v) is 7.46. The van der Waals surface area contributed by atoms with Crippen molar-refractivity contribution >= 4 is 33.2 Å². The molecule has 0 bridgehead atoms. The van der Waals surface area contributed by atoms with Gasteiger partial charge in [0.2, 0.25) is 0 Å². The Morgan fingerprint density at radius 2 is 1.78 bits per heavy atom. The number of methoxy groups -OCH3 is 1. The van der Waals surface area contributed by atoms with Crippen LogP contribution >= 0.6 is 27.5 Å². The molecule has 0 fully saturated rings. The lowest BCUT2D eigenvalue weighted by atomic mass is 10.1. The van der Waals surface area contributed by atoms with Gasteiger partial charge in [0, 0.05) is 17.3 Å². The summed E-state index contributed by atoms with van der Waals surface area (Å²) in [6, 6.07) is 20.0. The summed E-state index contributed by atoms with van der Waals surface area (Å²) in [7, 11) is 1.65. The monoisotopic (exact) mass is 445 g/mol. The Labute approximate surface area is 173 Å². The first-order valence-corrected chi connectivity index (χ1v) is 9.77. The highest BCUT2D eigenvalue weighted by molar-refractivity contribution is 9.10. The normalized spacial score (nSPS) is 10.5. The van der Waals surface area contributed by atoms with E-state index in [2.05, 4.69) is 21.2 Å². The molecular formula is C22H21BrClNO2. The number of nitrogens with one attached hydrogen (secondary N) is 1. The lowest BCUT2D eigenvalue weighted by molar-refractivity contribution is 0.282. The number of hydrogen-bond donors (Lipinski definition) is 1. The Morgan fingerprint density at radius 1 is 1.00 bits per heavy atom. The Balaban J connectivity index is 1.72. The molecule has 0 spiro atoms. The highest BCUT2D eigenvalue weighted by atomic mass is 79.9. The average Bonchev–Trinajstić information content (AvgIpc) is 2.68. The van der Waals surface area contributed by atoms with Gasteiger partial charge < -0.3 is 14.8 Å². The number of anilines is 1. The van der Waals surface area contributed by atoms with Crippen LogP contribution < -0.4 is 14.8 Å². The van der Waals surface area contributed by atoms with Crippen LogP contribution in [0.4, 0.5) is 5.69 Å². The lowest BCUT2D eigenvalue weighted by Crippen LogP contribution is -2.03. The highest BCUT2D eigenvalue weighted by Crippen LogP contribution is 2.37. The molecule has 0 aromatic heterocycles. The fourth-order valence-electron chi connectivity index (χ4n) is 2.65. The van der Waals surface area contributed by atoms with Gasteiger partial charge in [-0.25, -0.2) is 0 Å². The minimum absolute atomic E-state index is 0.481. The van der Waals surface area contributed by atoms with Gasteiger partial charge in [0.25, 0.3) is 0 Å². The Morgan fingerprint density at radius 3 is 2.48 bits per heavy atom. The Bertz CT molecular complexity index is 916. The van der Waals surface area contributed by atoms with E-state index in [4.69, 9.17) is 21.1 Å². The maximum atomic E-state index is 6.19. The van der Waals surface area contributed by atoms with E-state index in [1.807, 2.05) is 67.6 Å². The first-order chi connectivity index (χ1) is 13.1. The summed E-state index contributed by atoms with van der Waals surface area (Å²) in [5.41, 5.74) is 4.22. The summed E-state index contributed by atoms with van der Waals surface area (Å²) < 4.78 is 12.4. The van der Waals surface area contributed by atoms with Crippen molar-refractivity contribution < 1.29 is 9.47 Å². The molecule has 0 radical (unpaired) electrons. The second kappa shape index (κ2) is 9.16. The summed E-state index contributed by atoms with van der Waals surface area (Å²) in [4.78, 5) is 0. The zero-order chi connectivity index (χ0) is 19.2. The predicted octanol–water partition coefficient (Wildman–Crippen LogP) is 6.61. The zero-order valence-corrected chi connectivity index (χ0v) is 17.6. The fraction of sp³-hybridized carbons (Fsp3) is 0.182. The topological polar surface area (TPSA) is 30.5 Å². The van der Waals surface area contributed by atoms with E-state index >= 15 is 0 Å². The van der Waals surface area contributed by atoms with Crippen LogP contribution in [0.3, 0.4) is 0 Å². The van der Waals surface area contributed by atoms with E-state index in [0.717, 1.165) is 31.9 Å². The van der Waals surface area contributed by atoms with Crippen molar-refractivity contribution in [3.05, 3.63) is 86.8 Å². The second-order valence-electron chi connectivity index (χ2n) is 6.20. The molecule has 0 saturated carbocycles. The molecular weight excluding hydrogens is 426 g/mol. The average molecular weight is 447 g/mol. The third kappa shape index (κ3) is 5.18. The van der Waals surface area contributed by atoms with E-state index in [0.29, 0.717) is 24.7 Å². The third-order valence-electron chi connectivity index (χ3n) is 4.18. The van der Waals surface area contributed by atoms with E-state index in [9.17, 15) is 0 Å². The number of ether oxygens (including phenoxy) is 2. The molecule has 3 nitrogen and oxygen atoms in total. The molecule has 3 rings (SSSR count). The van der Waals surface area contributed by atoms with Crippen LogP contribution in [-0.4, -0.2) is 7.11 Å². The van der Waals surface area contributed by atoms with Crippen LogP contribution in [0.5, 0.6) is 11.5 Å². The van der Waals surface area contributed by atoms with Crippen molar-refractivity contribution in [2.45, 2.75) is 20.1 Å². The van der Waals surface area contributed by atoms with Crippen LogP contribution in [0.25, 0.3) is 0 Å². The molecule has 0 heterocycles. The summed E-state index contributed by atoms with van der Waals surface area (Å²) in [6.45, 7) is 3.12. The van der Waals surface area contributed by atoms with E-state index < -0.39 is 0 Å². The summed E-state index contributed by atoms with van der Waals surface area (Å²) in [5, 5.41) is 4.14. The van der Waals surface area contributed by atoms with Gasteiger partial charge in [-0.15, -0.1) is 0 Å². The van der Waals surface area contributed by atoms with Crippen molar-refractivity contribution in [1.82, 2.24) is 0 Å². The number of benzene rings is 3. The number of aryl methyl sites for hydroxylation is 1. The van der Waals surface area contributed by atoms with Crippen LogP contribution in [0.2, 0.25) is 5.02 Å². The quantitative estimate of drug-likeness (QED) is 0.443. The van der Waals surface area contributed by atoms with Gasteiger partial charge in [-0.3, -0.25) is 0 Å². The number of rotatable bonds is 7. The van der Waals surface area contributed by atoms with Gasteiger partial charge in [-0.05, 0) is 63.8 Å². The molecule has 0 atom stereocenters. The first-order valence-electron chi connectivity index (χ1n) is 8.60. The molecule has 140 valence electrons. The third-order valence-corrected chi connectivity index (χ3v) is 5.18. The van der Waals surface area contributed by atoms with Crippen molar-refractivity contribution in [2.75, 3.05) is 12.4 Å². The molecule has 27 heavy (non-hydrogen) atoms. The zero-order valence-electron chi connectivity index (χ0n) is 15.3. The van der Waals surface area contributed by atoms with Crippen LogP contribution in [0.1, 0.15) is 16.7 Å². The molecule has 5 heteroatoms. The molecule has 0 unspecified atom stereocenters. The van der Waals surface area contributed by atoms with Gasteiger partial charge in [0.15, 0.2) is 11.5 Å². The van der Waals surface area contributed by atoms with Crippen molar-refractivity contribution in [3.8, 4) is 11.5 Å². The number of hydrogen-bond acceptors (Lipinski definition) is 3. The fourth-order valence-corrected chi connectivity index (χ4v) is 3.44. The molecule has 3 aromatic carbocycles. The van der Waals surface area contributed by atoms with E-state index in [-0.39, 0.29) is 0 Å². The largest absolute Gasteiger partial charge is 0.493 e. The SMILES string of the molecule is COc1cc(CNc2ccc(C)c(Cl)c2)cc(Br)c1OCc1ccccc1. The predicted molar refractivity (Wildman–Crippen MR) is 115 cm³/mol. The maximum Gasteiger partial charge on any atom is 0.175 e. The minimum atomic E-state index is 0.481. The van der Waals surface area contributed by atoms with Crippen molar-refractivity contribution in [2.24, 2.45) is 0 Å². The molecule has 0 aliphatic rings. The van der Waals surface area contributed by atoms with E-state index in [1.165, 1.54) is 0 Å². The van der Waals surface area contributed by atoms with Gasteiger partial charge in [0.05, 0.1) is 11.6 Å². The van der Waals surface area contributed by atoms with Crippen molar-refractivity contribution in [3.63, 3.8) is 0 Å². The first kappa shape index (κ1) is 19.6. The lowest BCUT2D eigenvalue weighted by Gasteiger charge is -2.15. The smallest absolute Gasteiger partial charge is 0.175 e. The van der Waals surface area contributed by atoms with Gasteiger partial charge >= 0.3 is 0 Å². The van der Waals surface area contributed by atoms with Gasteiger partial charge in [0.1, 0.15) is 6.61 Å². The van der Waals surface area contributed by atoms with Crippen LogP contribution in [0.15, 0.2) is 65.1 Å². The summed E-state index contributed by atoms with van der Waals surface area (Å²) in [5.74, 6) is 1.39. The van der Waals surface area contributed by atoms with Crippen molar-refractivity contribution in [1.29, 1.82) is 0 Å². The van der Waals surface area contributed by atoms with Crippen LogP contribution in [0, 0.1) is 6.92 Å². The van der Waals surface area contributed by atoms with E-state index in [1.54, 1.807) is 7.11 Å². The number of halogens is 2. The summed E-state index contributed by atoms with van der Waals surface area (Å²) in [6.07, 6.45) is 0. The molecule has 3 aromatic rings. The molecule has 0 saturated heterocycles. The molecule has 0 aliphatic carbocycles.